The Bertz CT molecular complexity index is 1040. The zero-order valence-electron chi connectivity index (χ0n) is 14.4. The maximum Gasteiger partial charge on any atom is 0.222 e. The molecular weight excluding hydrogens is 339 g/mol. The van der Waals surface area contributed by atoms with Crippen LogP contribution in [0.25, 0.3) is 10.9 Å². The van der Waals surface area contributed by atoms with Gasteiger partial charge in [0.15, 0.2) is 12.5 Å². The van der Waals surface area contributed by atoms with Gasteiger partial charge in [0.1, 0.15) is 11.6 Å². The van der Waals surface area contributed by atoms with Crippen molar-refractivity contribution in [3.8, 4) is 11.6 Å². The number of nitrogens with zero attached hydrogens (tertiary/aromatic N) is 2. The Morgan fingerprint density at radius 1 is 1.27 bits per heavy atom. The van der Waals surface area contributed by atoms with E-state index in [1.165, 1.54) is 12.1 Å². The van der Waals surface area contributed by atoms with Crippen molar-refractivity contribution in [2.75, 3.05) is 6.79 Å². The molecule has 0 radical (unpaired) electrons. The summed E-state index contributed by atoms with van der Waals surface area (Å²) >= 11 is 0. The fourth-order valence-electron chi connectivity index (χ4n) is 3.64. The molecule has 0 saturated heterocycles. The lowest BCUT2D eigenvalue weighted by atomic mass is 10.1. The third-order valence-corrected chi connectivity index (χ3v) is 4.61. The Morgan fingerprint density at radius 2 is 2.08 bits per heavy atom. The van der Waals surface area contributed by atoms with Gasteiger partial charge in [0.05, 0.1) is 18.7 Å². The minimum atomic E-state index is -0.412. The molecule has 2 heterocycles. The van der Waals surface area contributed by atoms with Crippen molar-refractivity contribution < 1.29 is 19.0 Å². The predicted octanol–water partition coefficient (Wildman–Crippen LogP) is 4.42. The fourth-order valence-corrected chi connectivity index (χ4v) is 3.64. The first kappa shape index (κ1) is 16.5. The molecule has 0 fully saturated rings. The first-order chi connectivity index (χ1) is 12.5. The molecule has 0 aliphatic carbocycles. The zero-order valence-corrected chi connectivity index (χ0v) is 14.4. The first-order valence-electron chi connectivity index (χ1n) is 8.17. The SMILES string of the molecule is Cc1cc(C)c2c(c1)c(N=O)c(O)n2Cc1cc(F)cc2c1OCOC2. The molecule has 1 aromatic heterocycles. The van der Waals surface area contributed by atoms with Gasteiger partial charge >= 0.3 is 0 Å². The summed E-state index contributed by atoms with van der Waals surface area (Å²) in [5, 5.41) is 14.1. The number of halogens is 1. The van der Waals surface area contributed by atoms with Crippen LogP contribution in [-0.4, -0.2) is 16.5 Å². The minimum Gasteiger partial charge on any atom is -0.493 e. The van der Waals surface area contributed by atoms with Gasteiger partial charge in [-0.2, -0.15) is 0 Å². The van der Waals surface area contributed by atoms with Crippen LogP contribution in [0.5, 0.6) is 11.6 Å². The summed E-state index contributed by atoms with van der Waals surface area (Å²) < 4.78 is 26.3. The van der Waals surface area contributed by atoms with E-state index < -0.39 is 5.82 Å². The fraction of sp³-hybridized carbons (Fsp3) is 0.263. The van der Waals surface area contributed by atoms with Gasteiger partial charge in [-0.3, -0.25) is 0 Å². The Labute approximate surface area is 148 Å². The molecule has 3 aromatic rings. The molecule has 6 nitrogen and oxygen atoms in total. The number of rotatable bonds is 3. The van der Waals surface area contributed by atoms with E-state index in [1.807, 2.05) is 19.9 Å². The van der Waals surface area contributed by atoms with Crippen LogP contribution in [0.2, 0.25) is 0 Å². The third-order valence-electron chi connectivity index (χ3n) is 4.61. The molecule has 0 spiro atoms. The van der Waals surface area contributed by atoms with E-state index in [1.54, 1.807) is 10.6 Å². The Hall–Kier alpha value is -2.93. The molecule has 0 bridgehead atoms. The molecule has 1 N–H and O–H groups in total. The molecule has 0 saturated carbocycles. The highest BCUT2D eigenvalue weighted by molar-refractivity contribution is 5.97. The normalized spacial score (nSPS) is 13.5. The second kappa shape index (κ2) is 6.10. The number of aromatic hydroxyl groups is 1. The van der Waals surface area contributed by atoms with Crippen LogP contribution >= 0.6 is 0 Å². The van der Waals surface area contributed by atoms with Gasteiger partial charge in [-0.15, -0.1) is 4.91 Å². The average Bonchev–Trinajstić information content (AvgIpc) is 2.86. The highest BCUT2D eigenvalue weighted by Gasteiger charge is 2.23. The maximum absolute atomic E-state index is 14.0. The van der Waals surface area contributed by atoms with Gasteiger partial charge in [0.25, 0.3) is 0 Å². The van der Waals surface area contributed by atoms with Gasteiger partial charge in [0, 0.05) is 16.5 Å². The second-order valence-corrected chi connectivity index (χ2v) is 6.49. The number of ether oxygens (including phenoxy) is 2. The quantitative estimate of drug-likeness (QED) is 0.705. The van der Waals surface area contributed by atoms with Crippen LogP contribution in [-0.2, 0) is 17.9 Å². The summed E-state index contributed by atoms with van der Waals surface area (Å²) in [5.74, 6) is -0.108. The lowest BCUT2D eigenvalue weighted by Crippen LogP contribution is -2.15. The molecule has 0 amide bonds. The van der Waals surface area contributed by atoms with E-state index in [-0.39, 0.29) is 31.5 Å². The molecule has 0 unspecified atom stereocenters. The summed E-state index contributed by atoms with van der Waals surface area (Å²) in [6, 6.07) is 6.50. The van der Waals surface area contributed by atoms with Crippen LogP contribution in [0.3, 0.4) is 0 Å². The molecule has 1 aliphatic rings. The topological polar surface area (TPSA) is 73.0 Å². The number of hydrogen-bond donors (Lipinski definition) is 1. The summed E-state index contributed by atoms with van der Waals surface area (Å²) in [6.07, 6.45) is 0. The van der Waals surface area contributed by atoms with Gasteiger partial charge in [0.2, 0.25) is 5.88 Å². The van der Waals surface area contributed by atoms with Crippen LogP contribution in [0, 0.1) is 24.6 Å². The van der Waals surface area contributed by atoms with Crippen molar-refractivity contribution in [1.82, 2.24) is 4.57 Å². The lowest BCUT2D eigenvalue weighted by molar-refractivity contribution is -0.0173. The van der Waals surface area contributed by atoms with Gasteiger partial charge in [-0.25, -0.2) is 4.39 Å². The molecule has 134 valence electrons. The summed E-state index contributed by atoms with van der Waals surface area (Å²) in [4.78, 5) is 11.3. The van der Waals surface area contributed by atoms with Crippen LogP contribution in [0.4, 0.5) is 10.1 Å². The van der Waals surface area contributed by atoms with Crippen molar-refractivity contribution in [3.63, 3.8) is 0 Å². The van der Waals surface area contributed by atoms with Crippen LogP contribution < -0.4 is 4.74 Å². The van der Waals surface area contributed by atoms with E-state index in [0.717, 1.165) is 11.1 Å². The lowest BCUT2D eigenvalue weighted by Gasteiger charge is -2.21. The number of hydrogen-bond acceptors (Lipinski definition) is 5. The van der Waals surface area contributed by atoms with Crippen molar-refractivity contribution >= 4 is 16.6 Å². The number of aromatic nitrogens is 1. The monoisotopic (exact) mass is 356 g/mol. The van der Waals surface area contributed by atoms with E-state index >= 15 is 0 Å². The van der Waals surface area contributed by atoms with Crippen LogP contribution in [0.1, 0.15) is 22.3 Å². The Balaban J connectivity index is 1.93. The number of aryl methyl sites for hydroxylation is 2. The number of fused-ring (bicyclic) bond motifs is 2. The molecule has 7 heteroatoms. The first-order valence-corrected chi connectivity index (χ1v) is 8.17. The molecular formula is C19H17FN2O4. The Morgan fingerprint density at radius 3 is 2.85 bits per heavy atom. The van der Waals surface area contributed by atoms with Crippen molar-refractivity contribution in [3.05, 3.63) is 57.2 Å². The van der Waals surface area contributed by atoms with Gasteiger partial charge in [-0.05, 0) is 42.8 Å². The van der Waals surface area contributed by atoms with Crippen molar-refractivity contribution in [1.29, 1.82) is 0 Å². The van der Waals surface area contributed by atoms with Crippen molar-refractivity contribution in [2.24, 2.45) is 5.18 Å². The highest BCUT2D eigenvalue weighted by atomic mass is 19.1. The van der Waals surface area contributed by atoms with E-state index in [2.05, 4.69) is 5.18 Å². The predicted molar refractivity (Wildman–Crippen MR) is 94.3 cm³/mol. The molecule has 1 aliphatic heterocycles. The van der Waals surface area contributed by atoms with Gasteiger partial charge in [-0.1, -0.05) is 11.6 Å². The minimum absolute atomic E-state index is 0.0127. The standard InChI is InChI=1S/C19H17FN2O4/c1-10-3-11(2)17-15(4-10)16(21-24)19(23)22(17)7-12-5-14(20)6-13-8-25-9-26-18(12)13/h3-6,23H,7-9H2,1-2H3. The van der Waals surface area contributed by atoms with E-state index in [4.69, 9.17) is 9.47 Å². The molecule has 2 aromatic carbocycles. The number of benzene rings is 2. The van der Waals surface area contributed by atoms with E-state index in [0.29, 0.717) is 27.8 Å². The second-order valence-electron chi connectivity index (χ2n) is 6.49. The molecule has 4 rings (SSSR count). The summed E-state index contributed by atoms with van der Waals surface area (Å²) in [5.41, 5.74) is 3.70. The zero-order chi connectivity index (χ0) is 18.4. The maximum atomic E-state index is 14.0. The largest absolute Gasteiger partial charge is 0.493 e. The highest BCUT2D eigenvalue weighted by Crippen LogP contribution is 2.42. The number of nitroso groups, excluding NO2 is 1. The summed E-state index contributed by atoms with van der Waals surface area (Å²) in [6.45, 7) is 4.29. The molecule has 26 heavy (non-hydrogen) atoms. The average molecular weight is 356 g/mol. The third kappa shape index (κ3) is 2.52. The molecule has 0 atom stereocenters. The summed E-state index contributed by atoms with van der Waals surface area (Å²) in [7, 11) is 0. The van der Waals surface area contributed by atoms with Gasteiger partial charge < -0.3 is 19.1 Å². The van der Waals surface area contributed by atoms with E-state index in [9.17, 15) is 14.4 Å². The van der Waals surface area contributed by atoms with Crippen molar-refractivity contribution in [2.45, 2.75) is 27.0 Å². The van der Waals surface area contributed by atoms with Crippen LogP contribution in [0.15, 0.2) is 29.4 Å². The Kier molecular flexibility index (Phi) is 3.88. The smallest absolute Gasteiger partial charge is 0.222 e.